The molecule has 2 aromatic rings. The third kappa shape index (κ3) is 8.21. The number of nitrogens with zero attached hydrogens (tertiary/aromatic N) is 1. The van der Waals surface area contributed by atoms with E-state index in [2.05, 4.69) is 10.6 Å². The lowest BCUT2D eigenvalue weighted by Crippen LogP contribution is -2.50. The Bertz CT molecular complexity index is 1130. The minimum atomic E-state index is -3.59. The molecule has 0 bridgehead atoms. The molecule has 1 saturated heterocycles. The second-order valence-electron chi connectivity index (χ2n) is 9.22. The van der Waals surface area contributed by atoms with Crippen molar-refractivity contribution in [2.45, 2.75) is 43.5 Å². The molecule has 3 rings (SSSR count). The Morgan fingerprint density at radius 2 is 1.73 bits per heavy atom. The predicted octanol–water partition coefficient (Wildman–Crippen LogP) is 3.00. The van der Waals surface area contributed by atoms with Crippen LogP contribution in [0.5, 0.6) is 5.75 Å². The number of hydrogen-bond donors (Lipinski definition) is 2. The third-order valence-corrected chi connectivity index (χ3v) is 9.16. The maximum absolute atomic E-state index is 13.0. The summed E-state index contributed by atoms with van der Waals surface area (Å²) >= 11 is 1.62. The van der Waals surface area contributed by atoms with Gasteiger partial charge in [-0.05, 0) is 74.4 Å². The molecule has 0 aromatic heterocycles. The monoisotopic (exact) mass is 547 g/mol. The van der Waals surface area contributed by atoms with Crippen molar-refractivity contribution >= 4 is 33.6 Å². The van der Waals surface area contributed by atoms with Gasteiger partial charge in [-0.1, -0.05) is 29.8 Å². The molecule has 2 amide bonds. The summed E-state index contributed by atoms with van der Waals surface area (Å²) in [6, 6.07) is 13.9. The number of rotatable bonds is 12. The summed E-state index contributed by atoms with van der Waals surface area (Å²) in [6.45, 7) is 2.93. The Labute approximate surface area is 224 Å². The fourth-order valence-electron chi connectivity index (χ4n) is 4.26. The second-order valence-corrected chi connectivity index (χ2v) is 12.1. The zero-order valence-corrected chi connectivity index (χ0v) is 23.4. The number of aryl methyl sites for hydroxylation is 1. The first-order chi connectivity index (χ1) is 17.7. The molecule has 1 atom stereocenters. The van der Waals surface area contributed by atoms with Crippen LogP contribution >= 0.6 is 11.8 Å². The first kappa shape index (κ1) is 29.0. The third-order valence-electron chi connectivity index (χ3n) is 6.60. The van der Waals surface area contributed by atoms with Crippen LogP contribution in [0.25, 0.3) is 0 Å². The summed E-state index contributed by atoms with van der Waals surface area (Å²) in [4.78, 5) is 26.2. The minimum absolute atomic E-state index is 0.191. The van der Waals surface area contributed by atoms with Crippen molar-refractivity contribution < 1.29 is 22.7 Å². The number of piperidine rings is 1. The van der Waals surface area contributed by atoms with E-state index in [9.17, 15) is 18.0 Å². The van der Waals surface area contributed by atoms with Gasteiger partial charge in [0.1, 0.15) is 11.8 Å². The topological polar surface area (TPSA) is 105 Å². The Balaban J connectivity index is 1.51. The number of sulfonamides is 1. The van der Waals surface area contributed by atoms with Crippen LogP contribution in [0, 0.1) is 12.8 Å². The normalized spacial score (nSPS) is 15.6. The van der Waals surface area contributed by atoms with Crippen LogP contribution in [0.4, 0.5) is 0 Å². The number of amides is 2. The Kier molecular flexibility index (Phi) is 10.8. The Morgan fingerprint density at radius 1 is 1.08 bits per heavy atom. The van der Waals surface area contributed by atoms with Crippen LogP contribution in [0.1, 0.15) is 30.4 Å². The van der Waals surface area contributed by atoms with E-state index >= 15 is 0 Å². The predicted molar refractivity (Wildman–Crippen MR) is 147 cm³/mol. The number of nitrogens with one attached hydrogen (secondary N) is 2. The number of hydrogen-bond acceptors (Lipinski definition) is 6. The van der Waals surface area contributed by atoms with Crippen LogP contribution < -0.4 is 15.4 Å². The second kappa shape index (κ2) is 13.8. The summed E-state index contributed by atoms with van der Waals surface area (Å²) < 4.78 is 32.5. The molecule has 1 aliphatic rings. The van der Waals surface area contributed by atoms with Gasteiger partial charge < -0.3 is 15.4 Å². The molecule has 1 aliphatic heterocycles. The van der Waals surface area contributed by atoms with Crippen LogP contribution in [-0.4, -0.2) is 69.3 Å². The van der Waals surface area contributed by atoms with Crippen LogP contribution in [0.2, 0.25) is 0 Å². The lowest BCUT2D eigenvalue weighted by Gasteiger charge is -2.31. The van der Waals surface area contributed by atoms with Gasteiger partial charge >= 0.3 is 0 Å². The van der Waals surface area contributed by atoms with Gasteiger partial charge in [-0.25, -0.2) is 8.42 Å². The van der Waals surface area contributed by atoms with Gasteiger partial charge in [0.15, 0.2) is 0 Å². The molecule has 1 heterocycles. The first-order valence-electron chi connectivity index (χ1n) is 12.5. The molecule has 0 spiro atoms. The largest absolute Gasteiger partial charge is 0.497 e. The van der Waals surface area contributed by atoms with Crippen molar-refractivity contribution in [3.63, 3.8) is 0 Å². The van der Waals surface area contributed by atoms with E-state index in [0.717, 1.165) is 22.6 Å². The maximum atomic E-state index is 13.0. The quantitative estimate of drug-likeness (QED) is 0.423. The van der Waals surface area contributed by atoms with E-state index in [1.165, 1.54) is 4.31 Å². The van der Waals surface area contributed by atoms with E-state index in [1.54, 1.807) is 43.1 Å². The molecule has 0 radical (unpaired) electrons. The van der Waals surface area contributed by atoms with Gasteiger partial charge in [0, 0.05) is 25.6 Å². The minimum Gasteiger partial charge on any atom is -0.497 e. The standard InChI is InChI=1S/C27H37N3O5S2/c1-20-4-10-24(11-5-20)37(33,34)30-17-13-22(14-18-30)26(31)29-25(15-19-36-3)27(32)28-16-12-21-6-8-23(35-2)9-7-21/h4-11,22,25H,12-19H2,1-3H3,(H,28,32)(H,29,31). The molecule has 202 valence electrons. The zero-order valence-electron chi connectivity index (χ0n) is 21.7. The average Bonchev–Trinajstić information content (AvgIpc) is 2.91. The summed E-state index contributed by atoms with van der Waals surface area (Å²) in [5, 5.41) is 5.87. The average molecular weight is 548 g/mol. The lowest BCUT2D eigenvalue weighted by molar-refractivity contribution is -0.131. The van der Waals surface area contributed by atoms with Crippen LogP contribution in [0.3, 0.4) is 0 Å². The molecule has 10 heteroatoms. The number of carbonyl (C=O) groups is 2. The van der Waals surface area contributed by atoms with Gasteiger partial charge in [0.2, 0.25) is 21.8 Å². The van der Waals surface area contributed by atoms with Gasteiger partial charge in [-0.2, -0.15) is 16.1 Å². The van der Waals surface area contributed by atoms with E-state index in [0.29, 0.717) is 32.2 Å². The Hall–Kier alpha value is -2.56. The molecule has 2 N–H and O–H groups in total. The summed E-state index contributed by atoms with van der Waals surface area (Å²) in [5.41, 5.74) is 2.08. The van der Waals surface area contributed by atoms with Crippen molar-refractivity contribution in [3.05, 3.63) is 59.7 Å². The number of benzene rings is 2. The highest BCUT2D eigenvalue weighted by Crippen LogP contribution is 2.24. The summed E-state index contributed by atoms with van der Waals surface area (Å²) in [5.74, 6) is 0.808. The van der Waals surface area contributed by atoms with Crippen molar-refractivity contribution in [1.29, 1.82) is 0 Å². The molecule has 1 unspecified atom stereocenters. The van der Waals surface area contributed by atoms with Gasteiger partial charge in [0.05, 0.1) is 12.0 Å². The van der Waals surface area contributed by atoms with E-state index < -0.39 is 16.1 Å². The molecule has 0 aliphatic carbocycles. The molecular weight excluding hydrogens is 510 g/mol. The van der Waals surface area contributed by atoms with E-state index in [-0.39, 0.29) is 35.7 Å². The van der Waals surface area contributed by atoms with Crippen LogP contribution in [0.15, 0.2) is 53.4 Å². The summed E-state index contributed by atoms with van der Waals surface area (Å²) in [7, 11) is -1.97. The SMILES string of the molecule is COc1ccc(CCNC(=O)C(CCSC)NC(=O)C2CCN(S(=O)(=O)c3ccc(C)cc3)CC2)cc1. The molecule has 8 nitrogen and oxygen atoms in total. The molecule has 0 saturated carbocycles. The smallest absolute Gasteiger partial charge is 0.243 e. The van der Waals surface area contributed by atoms with E-state index in [4.69, 9.17) is 4.74 Å². The van der Waals surface area contributed by atoms with Gasteiger partial charge in [-0.3, -0.25) is 9.59 Å². The molecule has 1 fully saturated rings. The van der Waals surface area contributed by atoms with Crippen molar-refractivity contribution in [2.75, 3.05) is 38.8 Å². The molecular formula is C27H37N3O5S2. The van der Waals surface area contributed by atoms with Gasteiger partial charge in [-0.15, -0.1) is 0 Å². The lowest BCUT2D eigenvalue weighted by atomic mass is 9.96. The molecule has 37 heavy (non-hydrogen) atoms. The number of carbonyl (C=O) groups excluding carboxylic acids is 2. The highest BCUT2D eigenvalue weighted by Gasteiger charge is 2.33. The van der Waals surface area contributed by atoms with Gasteiger partial charge in [0.25, 0.3) is 0 Å². The van der Waals surface area contributed by atoms with Crippen LogP contribution in [-0.2, 0) is 26.0 Å². The van der Waals surface area contributed by atoms with E-state index in [1.807, 2.05) is 37.4 Å². The fraction of sp³-hybridized carbons (Fsp3) is 0.481. The number of ether oxygens (including phenoxy) is 1. The van der Waals surface area contributed by atoms with Crippen molar-refractivity contribution in [3.8, 4) is 5.75 Å². The zero-order chi connectivity index (χ0) is 26.8. The highest BCUT2D eigenvalue weighted by atomic mass is 32.2. The number of methoxy groups -OCH3 is 1. The number of thioether (sulfide) groups is 1. The maximum Gasteiger partial charge on any atom is 0.243 e. The van der Waals surface area contributed by atoms with Crippen molar-refractivity contribution in [1.82, 2.24) is 14.9 Å². The fourth-order valence-corrected chi connectivity index (χ4v) is 6.20. The van der Waals surface area contributed by atoms with Crippen molar-refractivity contribution in [2.24, 2.45) is 5.92 Å². The Morgan fingerprint density at radius 3 is 2.32 bits per heavy atom. The summed E-state index contributed by atoms with van der Waals surface area (Å²) in [6.07, 6.45) is 4.01. The highest BCUT2D eigenvalue weighted by molar-refractivity contribution is 7.98. The molecule has 2 aromatic carbocycles. The first-order valence-corrected chi connectivity index (χ1v) is 15.3.